The molecule has 0 bridgehead atoms. The van der Waals surface area contributed by atoms with Gasteiger partial charge in [-0.2, -0.15) is 0 Å². The van der Waals surface area contributed by atoms with Crippen molar-refractivity contribution in [1.82, 2.24) is 0 Å². The van der Waals surface area contributed by atoms with Gasteiger partial charge in [0, 0.05) is 0 Å². The second-order valence-corrected chi connectivity index (χ2v) is 4.90. The number of esters is 1. The Labute approximate surface area is 113 Å². The molecule has 0 radical (unpaired) electrons. The van der Waals surface area contributed by atoms with Gasteiger partial charge in [0.05, 0.1) is 12.2 Å². The van der Waals surface area contributed by atoms with Gasteiger partial charge in [0.25, 0.3) is 0 Å². The standard InChI is InChI=1S/C16H20O3/c17-12-14(11-13-7-3-1-4-8-13)16(18)19-15-9-5-2-6-10-15/h1,3-4,7-8,11,15,17H,2,5-6,9-10,12H2. The predicted octanol–water partition coefficient (Wildman–Crippen LogP) is 2.94. The summed E-state index contributed by atoms with van der Waals surface area (Å²) in [5.74, 6) is -0.391. The summed E-state index contributed by atoms with van der Waals surface area (Å²) < 4.78 is 5.45. The van der Waals surface area contributed by atoms with Gasteiger partial charge in [-0.15, -0.1) is 0 Å². The highest BCUT2D eigenvalue weighted by Crippen LogP contribution is 2.21. The van der Waals surface area contributed by atoms with Crippen molar-refractivity contribution in [3.63, 3.8) is 0 Å². The molecular formula is C16H20O3. The summed E-state index contributed by atoms with van der Waals surface area (Å²) in [4.78, 5) is 12.0. The number of aliphatic hydroxyl groups excluding tert-OH is 1. The number of ether oxygens (including phenoxy) is 1. The van der Waals surface area contributed by atoms with Crippen LogP contribution in [-0.4, -0.2) is 23.8 Å². The maximum absolute atomic E-state index is 12.0. The highest BCUT2D eigenvalue weighted by atomic mass is 16.5. The smallest absolute Gasteiger partial charge is 0.336 e. The van der Waals surface area contributed by atoms with Crippen LogP contribution in [-0.2, 0) is 9.53 Å². The molecule has 1 aliphatic carbocycles. The van der Waals surface area contributed by atoms with Crippen molar-refractivity contribution >= 4 is 12.0 Å². The summed E-state index contributed by atoms with van der Waals surface area (Å²) in [5.41, 5.74) is 1.21. The summed E-state index contributed by atoms with van der Waals surface area (Å²) in [7, 11) is 0. The van der Waals surface area contributed by atoms with Gasteiger partial charge in [-0.1, -0.05) is 36.8 Å². The quantitative estimate of drug-likeness (QED) is 0.669. The zero-order chi connectivity index (χ0) is 13.5. The van der Waals surface area contributed by atoms with E-state index >= 15 is 0 Å². The Morgan fingerprint density at radius 1 is 1.21 bits per heavy atom. The Morgan fingerprint density at radius 2 is 1.89 bits per heavy atom. The minimum absolute atomic E-state index is 0.0203. The zero-order valence-corrected chi connectivity index (χ0v) is 11.0. The van der Waals surface area contributed by atoms with Gasteiger partial charge in [0.2, 0.25) is 0 Å². The Hall–Kier alpha value is -1.61. The van der Waals surface area contributed by atoms with E-state index in [9.17, 15) is 9.90 Å². The summed E-state index contributed by atoms with van der Waals surface area (Å²) in [6.07, 6.45) is 7.05. The van der Waals surface area contributed by atoms with Crippen LogP contribution in [0.15, 0.2) is 35.9 Å². The van der Waals surface area contributed by atoms with Crippen molar-refractivity contribution in [3.8, 4) is 0 Å². The summed E-state index contributed by atoms with van der Waals surface area (Å²) in [5, 5.41) is 9.32. The van der Waals surface area contributed by atoms with E-state index in [2.05, 4.69) is 0 Å². The third kappa shape index (κ3) is 4.21. The van der Waals surface area contributed by atoms with Crippen LogP contribution in [0.2, 0.25) is 0 Å². The topological polar surface area (TPSA) is 46.5 Å². The van der Waals surface area contributed by atoms with Crippen LogP contribution >= 0.6 is 0 Å². The SMILES string of the molecule is O=C(OC1CCCCC1)C(=Cc1ccccc1)CO. The third-order valence-electron chi connectivity index (χ3n) is 3.40. The van der Waals surface area contributed by atoms with Gasteiger partial charge in [-0.3, -0.25) is 0 Å². The molecule has 3 heteroatoms. The predicted molar refractivity (Wildman–Crippen MR) is 74.5 cm³/mol. The molecule has 1 aliphatic rings. The van der Waals surface area contributed by atoms with Crippen molar-refractivity contribution in [2.24, 2.45) is 0 Å². The van der Waals surface area contributed by atoms with Crippen LogP contribution < -0.4 is 0 Å². The molecule has 0 unspecified atom stereocenters. The molecule has 1 N–H and O–H groups in total. The summed E-state index contributed by atoms with van der Waals surface area (Å²) >= 11 is 0. The van der Waals surface area contributed by atoms with Crippen LogP contribution in [0.3, 0.4) is 0 Å². The van der Waals surface area contributed by atoms with Crippen molar-refractivity contribution in [1.29, 1.82) is 0 Å². The van der Waals surface area contributed by atoms with E-state index < -0.39 is 5.97 Å². The Morgan fingerprint density at radius 3 is 2.53 bits per heavy atom. The highest BCUT2D eigenvalue weighted by Gasteiger charge is 2.19. The highest BCUT2D eigenvalue weighted by molar-refractivity contribution is 5.94. The van der Waals surface area contributed by atoms with E-state index in [1.165, 1.54) is 6.42 Å². The first-order valence-electron chi connectivity index (χ1n) is 6.87. The van der Waals surface area contributed by atoms with E-state index in [0.29, 0.717) is 5.57 Å². The first-order valence-corrected chi connectivity index (χ1v) is 6.87. The van der Waals surface area contributed by atoms with E-state index in [4.69, 9.17) is 4.74 Å². The molecule has 1 aromatic rings. The van der Waals surface area contributed by atoms with Gasteiger partial charge in [0.15, 0.2) is 0 Å². The molecule has 1 saturated carbocycles. The third-order valence-corrected chi connectivity index (χ3v) is 3.40. The lowest BCUT2D eigenvalue weighted by Gasteiger charge is -2.22. The number of aliphatic hydroxyl groups is 1. The molecule has 0 heterocycles. The number of hydrogen-bond acceptors (Lipinski definition) is 3. The molecule has 3 nitrogen and oxygen atoms in total. The summed E-state index contributed by atoms with van der Waals surface area (Å²) in [6, 6.07) is 9.49. The lowest BCUT2D eigenvalue weighted by Crippen LogP contribution is -2.22. The Balaban J connectivity index is 2.00. The lowest BCUT2D eigenvalue weighted by atomic mass is 9.98. The first-order chi connectivity index (χ1) is 9.29. The largest absolute Gasteiger partial charge is 0.459 e. The van der Waals surface area contributed by atoms with E-state index in [0.717, 1.165) is 31.2 Å². The van der Waals surface area contributed by atoms with E-state index in [1.54, 1.807) is 6.08 Å². The Bertz CT molecular complexity index is 431. The minimum atomic E-state index is -0.391. The maximum Gasteiger partial charge on any atom is 0.336 e. The molecule has 102 valence electrons. The molecule has 2 rings (SSSR count). The lowest BCUT2D eigenvalue weighted by molar-refractivity contribution is -0.146. The van der Waals surface area contributed by atoms with Crippen LogP contribution in [0, 0.1) is 0 Å². The molecule has 0 atom stereocenters. The van der Waals surface area contributed by atoms with Crippen molar-refractivity contribution < 1.29 is 14.6 Å². The average molecular weight is 260 g/mol. The minimum Gasteiger partial charge on any atom is -0.459 e. The van der Waals surface area contributed by atoms with Gasteiger partial charge in [-0.05, 0) is 37.3 Å². The van der Waals surface area contributed by atoms with E-state index in [-0.39, 0.29) is 12.7 Å². The molecule has 0 aliphatic heterocycles. The number of hydrogen-bond donors (Lipinski definition) is 1. The second-order valence-electron chi connectivity index (χ2n) is 4.90. The van der Waals surface area contributed by atoms with Crippen LogP contribution in [0.4, 0.5) is 0 Å². The van der Waals surface area contributed by atoms with Crippen LogP contribution in [0.1, 0.15) is 37.7 Å². The molecule has 0 amide bonds. The molecule has 1 aromatic carbocycles. The molecule has 1 fully saturated rings. The molecular weight excluding hydrogens is 240 g/mol. The Kier molecular flexibility index (Phi) is 5.16. The van der Waals surface area contributed by atoms with Crippen LogP contribution in [0.25, 0.3) is 6.08 Å². The molecule has 19 heavy (non-hydrogen) atoms. The zero-order valence-electron chi connectivity index (χ0n) is 11.0. The summed E-state index contributed by atoms with van der Waals surface area (Å²) in [6.45, 7) is -0.291. The van der Waals surface area contributed by atoms with E-state index in [1.807, 2.05) is 30.3 Å². The monoisotopic (exact) mass is 260 g/mol. The van der Waals surface area contributed by atoms with Crippen molar-refractivity contribution in [2.45, 2.75) is 38.2 Å². The molecule has 0 saturated heterocycles. The maximum atomic E-state index is 12.0. The normalized spacial score (nSPS) is 17.2. The average Bonchev–Trinajstić information content (AvgIpc) is 2.47. The van der Waals surface area contributed by atoms with Gasteiger partial charge >= 0.3 is 5.97 Å². The molecule has 0 aromatic heterocycles. The van der Waals surface area contributed by atoms with Gasteiger partial charge < -0.3 is 9.84 Å². The van der Waals surface area contributed by atoms with Crippen molar-refractivity contribution in [2.75, 3.05) is 6.61 Å². The fourth-order valence-corrected chi connectivity index (χ4v) is 2.33. The molecule has 0 spiro atoms. The number of benzene rings is 1. The van der Waals surface area contributed by atoms with Crippen LogP contribution in [0.5, 0.6) is 0 Å². The number of rotatable bonds is 4. The number of carbonyl (C=O) groups excluding carboxylic acids is 1. The number of carbonyl (C=O) groups is 1. The first kappa shape index (κ1) is 13.8. The second kappa shape index (κ2) is 7.10. The van der Waals surface area contributed by atoms with Gasteiger partial charge in [-0.25, -0.2) is 4.79 Å². The fraction of sp³-hybridized carbons (Fsp3) is 0.438. The fourth-order valence-electron chi connectivity index (χ4n) is 2.33. The van der Waals surface area contributed by atoms with Gasteiger partial charge in [0.1, 0.15) is 6.10 Å². The van der Waals surface area contributed by atoms with Crippen molar-refractivity contribution in [3.05, 3.63) is 41.5 Å².